The summed E-state index contributed by atoms with van der Waals surface area (Å²) in [7, 11) is 0. The predicted molar refractivity (Wildman–Crippen MR) is 84.6 cm³/mol. The predicted octanol–water partition coefficient (Wildman–Crippen LogP) is 5.87. The smallest absolute Gasteiger partial charge is 0.431 e. The average molecular weight is 350 g/mol. The minimum atomic E-state index is -4.51. The lowest BCUT2D eigenvalue weighted by Crippen LogP contribution is -2.30. The molecule has 0 aromatic carbocycles. The second kappa shape index (κ2) is 8.95. The van der Waals surface area contributed by atoms with Gasteiger partial charge in [-0.25, -0.2) is 4.79 Å². The van der Waals surface area contributed by atoms with Gasteiger partial charge in [0.25, 0.3) is 0 Å². The average Bonchev–Trinajstić information content (AvgIpc) is 2.54. The van der Waals surface area contributed by atoms with Gasteiger partial charge in [0.2, 0.25) is 0 Å². The standard InChI is InChI=1S/C18H29F3O3/c1-2-3-13-4-6-14(7-5-13)15-8-10-16(11-9-15)24-17(22)23-12-18(19,20)21/h13-16H,2-12H2,1H3. The van der Waals surface area contributed by atoms with E-state index in [9.17, 15) is 18.0 Å². The van der Waals surface area contributed by atoms with E-state index in [2.05, 4.69) is 11.7 Å². The highest BCUT2D eigenvalue weighted by molar-refractivity contribution is 5.60. The van der Waals surface area contributed by atoms with E-state index < -0.39 is 18.9 Å². The molecule has 2 saturated carbocycles. The first-order chi connectivity index (χ1) is 11.4. The summed E-state index contributed by atoms with van der Waals surface area (Å²) in [4.78, 5) is 11.3. The summed E-state index contributed by atoms with van der Waals surface area (Å²) < 4.78 is 45.1. The van der Waals surface area contributed by atoms with Gasteiger partial charge in [-0.05, 0) is 56.3 Å². The van der Waals surface area contributed by atoms with Gasteiger partial charge in [-0.1, -0.05) is 32.6 Å². The van der Waals surface area contributed by atoms with E-state index in [1.165, 1.54) is 38.5 Å². The van der Waals surface area contributed by atoms with Gasteiger partial charge < -0.3 is 9.47 Å². The molecule has 2 rings (SSSR count). The van der Waals surface area contributed by atoms with Crippen LogP contribution in [-0.2, 0) is 9.47 Å². The van der Waals surface area contributed by atoms with Gasteiger partial charge in [0.05, 0.1) is 0 Å². The minimum absolute atomic E-state index is 0.293. The number of hydrogen-bond acceptors (Lipinski definition) is 3. The maximum absolute atomic E-state index is 12.0. The second-order valence-electron chi connectivity index (χ2n) is 7.38. The Morgan fingerprint density at radius 3 is 2.00 bits per heavy atom. The molecule has 0 amide bonds. The molecule has 24 heavy (non-hydrogen) atoms. The topological polar surface area (TPSA) is 35.5 Å². The fourth-order valence-corrected chi connectivity index (χ4v) is 4.35. The SMILES string of the molecule is CCCC1CCC(C2CCC(OC(=O)OCC(F)(F)F)CC2)CC1. The monoisotopic (exact) mass is 350 g/mol. The Hall–Kier alpha value is -0.940. The van der Waals surface area contributed by atoms with Crippen molar-refractivity contribution in [2.24, 2.45) is 17.8 Å². The number of halogens is 3. The molecule has 0 saturated heterocycles. The van der Waals surface area contributed by atoms with E-state index in [4.69, 9.17) is 4.74 Å². The van der Waals surface area contributed by atoms with Crippen molar-refractivity contribution >= 4 is 6.16 Å². The molecule has 6 heteroatoms. The van der Waals surface area contributed by atoms with Crippen LogP contribution in [0.2, 0.25) is 0 Å². The van der Waals surface area contributed by atoms with Crippen LogP contribution >= 0.6 is 0 Å². The molecule has 3 nitrogen and oxygen atoms in total. The van der Waals surface area contributed by atoms with Gasteiger partial charge in [0.1, 0.15) is 6.10 Å². The van der Waals surface area contributed by atoms with Crippen molar-refractivity contribution in [3.63, 3.8) is 0 Å². The third-order valence-corrected chi connectivity index (χ3v) is 5.59. The molecule has 0 atom stereocenters. The summed E-state index contributed by atoms with van der Waals surface area (Å²) in [5, 5.41) is 0. The number of ether oxygens (including phenoxy) is 2. The van der Waals surface area contributed by atoms with E-state index in [-0.39, 0.29) is 6.10 Å². The maximum Gasteiger partial charge on any atom is 0.508 e. The van der Waals surface area contributed by atoms with Crippen molar-refractivity contribution in [1.82, 2.24) is 0 Å². The van der Waals surface area contributed by atoms with Gasteiger partial charge in [-0.15, -0.1) is 0 Å². The van der Waals surface area contributed by atoms with Crippen LogP contribution in [-0.4, -0.2) is 25.0 Å². The quantitative estimate of drug-likeness (QED) is 0.582. The molecule has 0 aliphatic heterocycles. The van der Waals surface area contributed by atoms with E-state index in [0.29, 0.717) is 5.92 Å². The third kappa shape index (κ3) is 6.52. The molecule has 0 N–H and O–H groups in total. The Labute approximate surface area is 142 Å². The van der Waals surface area contributed by atoms with Gasteiger partial charge in [0, 0.05) is 0 Å². The van der Waals surface area contributed by atoms with Crippen LogP contribution < -0.4 is 0 Å². The highest BCUT2D eigenvalue weighted by Gasteiger charge is 2.33. The Kier molecular flexibility index (Phi) is 7.23. The highest BCUT2D eigenvalue weighted by Crippen LogP contribution is 2.41. The molecule has 0 aromatic rings. The van der Waals surface area contributed by atoms with Crippen molar-refractivity contribution in [3.8, 4) is 0 Å². The number of hydrogen-bond donors (Lipinski definition) is 0. The Morgan fingerprint density at radius 2 is 1.50 bits per heavy atom. The van der Waals surface area contributed by atoms with Crippen LogP contribution in [0.4, 0.5) is 18.0 Å². The van der Waals surface area contributed by atoms with E-state index in [1.807, 2.05) is 0 Å². The summed E-state index contributed by atoms with van der Waals surface area (Å²) in [6, 6.07) is 0. The summed E-state index contributed by atoms with van der Waals surface area (Å²) in [5.41, 5.74) is 0. The van der Waals surface area contributed by atoms with Crippen LogP contribution in [0, 0.1) is 17.8 Å². The molecular formula is C18H29F3O3. The first-order valence-electron chi connectivity index (χ1n) is 9.27. The Balaban J connectivity index is 1.64. The van der Waals surface area contributed by atoms with Crippen LogP contribution in [0.25, 0.3) is 0 Å². The molecular weight excluding hydrogens is 321 g/mol. The Bertz CT molecular complexity index is 381. The van der Waals surface area contributed by atoms with Crippen molar-refractivity contribution in [1.29, 1.82) is 0 Å². The van der Waals surface area contributed by atoms with Gasteiger partial charge >= 0.3 is 12.3 Å². The number of carbonyl (C=O) groups excluding carboxylic acids is 1. The Morgan fingerprint density at radius 1 is 0.958 bits per heavy atom. The van der Waals surface area contributed by atoms with Crippen LogP contribution in [0.5, 0.6) is 0 Å². The van der Waals surface area contributed by atoms with Crippen molar-refractivity contribution in [2.45, 2.75) is 83.4 Å². The molecule has 0 aromatic heterocycles. The first-order valence-corrected chi connectivity index (χ1v) is 9.27. The summed E-state index contributed by atoms with van der Waals surface area (Å²) in [6.45, 7) is 0.662. The zero-order valence-electron chi connectivity index (χ0n) is 14.4. The summed E-state index contributed by atoms with van der Waals surface area (Å²) >= 11 is 0. The molecule has 2 fully saturated rings. The van der Waals surface area contributed by atoms with Crippen LogP contribution in [0.1, 0.15) is 71.1 Å². The highest BCUT2D eigenvalue weighted by atomic mass is 19.4. The van der Waals surface area contributed by atoms with E-state index in [1.54, 1.807) is 0 Å². The van der Waals surface area contributed by atoms with E-state index in [0.717, 1.165) is 37.5 Å². The van der Waals surface area contributed by atoms with Crippen molar-refractivity contribution in [2.75, 3.05) is 6.61 Å². The van der Waals surface area contributed by atoms with E-state index >= 15 is 0 Å². The fraction of sp³-hybridized carbons (Fsp3) is 0.944. The molecule has 0 heterocycles. The lowest BCUT2D eigenvalue weighted by Gasteiger charge is -2.37. The number of rotatable bonds is 5. The summed E-state index contributed by atoms with van der Waals surface area (Å²) in [6.07, 6.45) is 5.35. The molecule has 2 aliphatic carbocycles. The zero-order valence-corrected chi connectivity index (χ0v) is 14.4. The van der Waals surface area contributed by atoms with Crippen LogP contribution in [0.15, 0.2) is 0 Å². The largest absolute Gasteiger partial charge is 0.508 e. The zero-order chi connectivity index (χ0) is 17.6. The van der Waals surface area contributed by atoms with Gasteiger partial charge in [-0.2, -0.15) is 13.2 Å². The molecule has 0 bridgehead atoms. The lowest BCUT2D eigenvalue weighted by atomic mass is 9.70. The van der Waals surface area contributed by atoms with Crippen molar-refractivity contribution in [3.05, 3.63) is 0 Å². The third-order valence-electron chi connectivity index (χ3n) is 5.59. The number of alkyl halides is 3. The maximum atomic E-state index is 12.0. The molecule has 2 aliphatic rings. The van der Waals surface area contributed by atoms with Crippen molar-refractivity contribution < 1.29 is 27.4 Å². The molecule has 0 spiro atoms. The fourth-order valence-electron chi connectivity index (χ4n) is 4.35. The molecule has 0 radical (unpaired) electrons. The molecule has 0 unspecified atom stereocenters. The van der Waals surface area contributed by atoms with Gasteiger partial charge in [-0.3, -0.25) is 0 Å². The second-order valence-corrected chi connectivity index (χ2v) is 7.38. The number of carbonyl (C=O) groups is 1. The lowest BCUT2D eigenvalue weighted by molar-refractivity contribution is -0.167. The first kappa shape index (κ1) is 19.4. The molecule has 140 valence electrons. The summed E-state index contributed by atoms with van der Waals surface area (Å²) in [5.74, 6) is 2.35. The van der Waals surface area contributed by atoms with Crippen LogP contribution in [0.3, 0.4) is 0 Å². The normalized spacial score (nSPS) is 31.5. The van der Waals surface area contributed by atoms with Gasteiger partial charge in [0.15, 0.2) is 6.61 Å². The minimum Gasteiger partial charge on any atom is -0.431 e.